The van der Waals surface area contributed by atoms with Crippen LogP contribution in [0.3, 0.4) is 0 Å². The molecule has 0 radical (unpaired) electrons. The molecule has 3 aromatic rings. The average molecular weight is 383 g/mol. The molecule has 0 fully saturated rings. The quantitative estimate of drug-likeness (QED) is 0.743. The van der Waals surface area contributed by atoms with Gasteiger partial charge >= 0.3 is 0 Å². The Kier molecular flexibility index (Phi) is 4.05. The van der Waals surface area contributed by atoms with E-state index >= 15 is 0 Å². The molecule has 0 aromatic carbocycles. The number of halogens is 1. The van der Waals surface area contributed by atoms with Crippen molar-refractivity contribution in [3.05, 3.63) is 27.5 Å². The van der Waals surface area contributed by atoms with E-state index in [0.29, 0.717) is 27.0 Å². The molecular formula is C14H15BrN4O2S. The molecule has 0 saturated heterocycles. The van der Waals surface area contributed by atoms with Gasteiger partial charge in [-0.3, -0.25) is 10.1 Å². The molecule has 0 saturated carbocycles. The van der Waals surface area contributed by atoms with Gasteiger partial charge in [-0.05, 0) is 21.8 Å². The summed E-state index contributed by atoms with van der Waals surface area (Å²) < 4.78 is 7.90. The molecule has 0 unspecified atom stereocenters. The predicted molar refractivity (Wildman–Crippen MR) is 89.3 cm³/mol. The number of carbonyl (C=O) groups is 1. The summed E-state index contributed by atoms with van der Waals surface area (Å²) in [6.07, 6.45) is 0.860. The number of hydrogen-bond acceptors (Lipinski definition) is 5. The molecule has 0 aliphatic carbocycles. The second-order valence-corrected chi connectivity index (χ2v) is 7.29. The molecule has 6 nitrogen and oxygen atoms in total. The summed E-state index contributed by atoms with van der Waals surface area (Å²) in [5.74, 6) is 0.284. The minimum atomic E-state index is -0.225. The Morgan fingerprint density at radius 1 is 1.45 bits per heavy atom. The minimum Gasteiger partial charge on any atom is -0.448 e. The molecular weight excluding hydrogens is 368 g/mol. The fraction of sp³-hybridized carbons (Fsp3) is 0.357. The highest BCUT2D eigenvalue weighted by atomic mass is 79.9. The van der Waals surface area contributed by atoms with E-state index in [0.717, 1.165) is 16.9 Å². The maximum absolute atomic E-state index is 12.4. The number of aryl methyl sites for hydroxylation is 1. The molecule has 0 spiro atoms. The lowest BCUT2D eigenvalue weighted by Crippen LogP contribution is -2.15. The van der Waals surface area contributed by atoms with Gasteiger partial charge < -0.3 is 8.98 Å². The third kappa shape index (κ3) is 2.93. The Bertz CT molecular complexity index is 833. The highest BCUT2D eigenvalue weighted by Gasteiger charge is 2.18. The SMILES string of the molecule is CC(C)Cc1nnc(NC(=O)c2cc3oc(Br)cc3n2C)s1. The maximum Gasteiger partial charge on any atom is 0.274 e. The molecule has 3 rings (SSSR count). The van der Waals surface area contributed by atoms with Crippen molar-refractivity contribution >= 4 is 49.4 Å². The standard InChI is InChI=1S/C14H15BrN4O2S/c1-7(2)4-12-17-18-14(22-12)16-13(20)9-5-10-8(19(9)3)6-11(15)21-10/h5-7H,4H2,1-3H3,(H,16,18,20). The number of hydrogen-bond donors (Lipinski definition) is 1. The molecule has 0 atom stereocenters. The van der Waals surface area contributed by atoms with Gasteiger partial charge in [-0.15, -0.1) is 10.2 Å². The number of anilines is 1. The minimum absolute atomic E-state index is 0.225. The third-order valence-corrected chi connectivity index (χ3v) is 4.46. The van der Waals surface area contributed by atoms with Crippen molar-refractivity contribution in [2.45, 2.75) is 20.3 Å². The van der Waals surface area contributed by atoms with Crippen LogP contribution in [0.4, 0.5) is 5.13 Å². The Labute approximate surface area is 139 Å². The Hall–Kier alpha value is -1.67. The van der Waals surface area contributed by atoms with Crippen LogP contribution >= 0.6 is 27.3 Å². The fourth-order valence-electron chi connectivity index (χ4n) is 2.20. The first kappa shape index (κ1) is 15.2. The van der Waals surface area contributed by atoms with Gasteiger partial charge in [0, 0.05) is 25.6 Å². The van der Waals surface area contributed by atoms with Gasteiger partial charge in [-0.25, -0.2) is 0 Å². The van der Waals surface area contributed by atoms with E-state index < -0.39 is 0 Å². The zero-order chi connectivity index (χ0) is 15.9. The zero-order valence-electron chi connectivity index (χ0n) is 12.4. The number of nitrogens with one attached hydrogen (secondary N) is 1. The molecule has 3 heterocycles. The van der Waals surface area contributed by atoms with Gasteiger partial charge in [0.1, 0.15) is 10.7 Å². The monoisotopic (exact) mass is 382 g/mol. The second kappa shape index (κ2) is 5.85. The van der Waals surface area contributed by atoms with Crippen LogP contribution in [0.15, 0.2) is 21.2 Å². The second-order valence-electron chi connectivity index (χ2n) is 5.44. The first-order valence-corrected chi connectivity index (χ1v) is 8.43. The number of furan rings is 1. The molecule has 0 bridgehead atoms. The van der Waals surface area contributed by atoms with Crippen LogP contribution in [0.5, 0.6) is 0 Å². The highest BCUT2D eigenvalue weighted by Crippen LogP contribution is 2.27. The van der Waals surface area contributed by atoms with Crippen molar-refractivity contribution in [1.82, 2.24) is 14.8 Å². The van der Waals surface area contributed by atoms with Gasteiger partial charge in [0.05, 0.1) is 5.52 Å². The number of rotatable bonds is 4. The Morgan fingerprint density at radius 3 is 2.91 bits per heavy atom. The first-order chi connectivity index (χ1) is 10.4. The molecule has 0 aliphatic heterocycles. The van der Waals surface area contributed by atoms with E-state index in [2.05, 4.69) is 45.3 Å². The fourth-order valence-corrected chi connectivity index (χ4v) is 3.53. The summed E-state index contributed by atoms with van der Waals surface area (Å²) in [6.45, 7) is 4.24. The van der Waals surface area contributed by atoms with E-state index in [1.165, 1.54) is 11.3 Å². The van der Waals surface area contributed by atoms with Crippen LogP contribution in [-0.4, -0.2) is 20.7 Å². The van der Waals surface area contributed by atoms with Crippen LogP contribution in [0, 0.1) is 5.92 Å². The summed E-state index contributed by atoms with van der Waals surface area (Å²) in [4.78, 5) is 12.4. The van der Waals surface area contributed by atoms with Crippen molar-refractivity contribution in [3.8, 4) is 0 Å². The van der Waals surface area contributed by atoms with Crippen LogP contribution in [0.25, 0.3) is 11.1 Å². The van der Waals surface area contributed by atoms with E-state index in [9.17, 15) is 4.79 Å². The van der Waals surface area contributed by atoms with Crippen LogP contribution < -0.4 is 5.32 Å². The molecule has 1 N–H and O–H groups in total. The molecule has 1 amide bonds. The van der Waals surface area contributed by atoms with Crippen molar-refractivity contribution in [2.75, 3.05) is 5.32 Å². The molecule has 116 valence electrons. The van der Waals surface area contributed by atoms with E-state index in [1.807, 2.05) is 13.1 Å². The summed E-state index contributed by atoms with van der Waals surface area (Å²) in [7, 11) is 1.82. The normalized spacial score (nSPS) is 11.5. The lowest BCUT2D eigenvalue weighted by atomic mass is 10.1. The lowest BCUT2D eigenvalue weighted by molar-refractivity contribution is 0.101. The molecule has 22 heavy (non-hydrogen) atoms. The zero-order valence-corrected chi connectivity index (χ0v) is 14.8. The maximum atomic E-state index is 12.4. The Balaban J connectivity index is 1.79. The number of carbonyl (C=O) groups excluding carboxylic acids is 1. The Morgan fingerprint density at radius 2 is 2.23 bits per heavy atom. The summed E-state index contributed by atoms with van der Waals surface area (Å²) in [5, 5.41) is 12.3. The lowest BCUT2D eigenvalue weighted by Gasteiger charge is -2.02. The number of amides is 1. The number of nitrogens with zero attached hydrogens (tertiary/aromatic N) is 3. The summed E-state index contributed by atoms with van der Waals surface area (Å²) in [6, 6.07) is 3.54. The van der Waals surface area contributed by atoms with E-state index in [1.54, 1.807) is 10.6 Å². The van der Waals surface area contributed by atoms with Crippen molar-refractivity contribution in [2.24, 2.45) is 13.0 Å². The van der Waals surface area contributed by atoms with Gasteiger partial charge in [-0.1, -0.05) is 25.2 Å². The molecule has 0 aliphatic rings. The first-order valence-electron chi connectivity index (χ1n) is 6.82. The van der Waals surface area contributed by atoms with Crippen molar-refractivity contribution < 1.29 is 9.21 Å². The largest absolute Gasteiger partial charge is 0.448 e. The summed E-state index contributed by atoms with van der Waals surface area (Å²) >= 11 is 4.69. The van der Waals surface area contributed by atoms with Gasteiger partial charge in [0.15, 0.2) is 10.3 Å². The van der Waals surface area contributed by atoms with E-state index in [-0.39, 0.29) is 5.91 Å². The number of fused-ring (bicyclic) bond motifs is 1. The molecule has 3 aromatic heterocycles. The third-order valence-electron chi connectivity index (χ3n) is 3.20. The van der Waals surface area contributed by atoms with Gasteiger partial charge in [-0.2, -0.15) is 0 Å². The van der Waals surface area contributed by atoms with Crippen LogP contribution in [0.2, 0.25) is 0 Å². The van der Waals surface area contributed by atoms with E-state index in [4.69, 9.17) is 4.42 Å². The van der Waals surface area contributed by atoms with Crippen molar-refractivity contribution in [3.63, 3.8) is 0 Å². The van der Waals surface area contributed by atoms with Gasteiger partial charge in [0.2, 0.25) is 5.13 Å². The number of aromatic nitrogens is 3. The summed E-state index contributed by atoms with van der Waals surface area (Å²) in [5.41, 5.74) is 2.04. The van der Waals surface area contributed by atoms with Crippen LogP contribution in [-0.2, 0) is 13.5 Å². The highest BCUT2D eigenvalue weighted by molar-refractivity contribution is 9.10. The topological polar surface area (TPSA) is 73.0 Å². The molecule has 8 heteroatoms. The van der Waals surface area contributed by atoms with Crippen LogP contribution in [0.1, 0.15) is 29.3 Å². The predicted octanol–water partition coefficient (Wildman–Crippen LogP) is 3.84. The van der Waals surface area contributed by atoms with Gasteiger partial charge in [0.25, 0.3) is 5.91 Å². The smallest absolute Gasteiger partial charge is 0.274 e. The van der Waals surface area contributed by atoms with Crippen molar-refractivity contribution in [1.29, 1.82) is 0 Å². The average Bonchev–Trinajstić information content (AvgIpc) is 3.07.